The molecule has 0 atom stereocenters. The molecule has 0 bridgehead atoms. The Bertz CT molecular complexity index is 701. The molecule has 0 aliphatic carbocycles. The molecule has 2 aromatic rings. The maximum atomic E-state index is 11.6. The van der Waals surface area contributed by atoms with Gasteiger partial charge in [-0.05, 0) is 19.9 Å². The number of ether oxygens (including phenoxy) is 1. The second-order valence-corrected chi connectivity index (χ2v) is 5.96. The summed E-state index contributed by atoms with van der Waals surface area (Å²) in [5, 5.41) is 3.81. The van der Waals surface area contributed by atoms with Gasteiger partial charge in [0.1, 0.15) is 17.1 Å². The summed E-state index contributed by atoms with van der Waals surface area (Å²) in [7, 11) is 1.37. The fourth-order valence-corrected chi connectivity index (χ4v) is 2.86. The minimum Gasteiger partial charge on any atom is -0.465 e. The number of furan rings is 1. The molecule has 2 aromatic heterocycles. The predicted octanol–water partition coefficient (Wildman–Crippen LogP) is 1.38. The van der Waals surface area contributed by atoms with Gasteiger partial charge in [-0.2, -0.15) is 4.98 Å². The normalized spacial score (nSPS) is 16.5. The Labute approximate surface area is 140 Å². The molecular weight excluding hydrogens is 312 g/mol. The average Bonchev–Trinajstić information content (AvgIpc) is 3.14. The number of carbonyl (C=O) groups is 1. The zero-order valence-electron chi connectivity index (χ0n) is 14.2. The molecule has 3 rings (SSSR count). The number of aromatic nitrogens is 2. The molecule has 1 aliphatic rings. The maximum Gasteiger partial charge on any atom is 0.341 e. The molecule has 1 aliphatic heterocycles. The van der Waals surface area contributed by atoms with E-state index in [0.29, 0.717) is 36.1 Å². The number of nitrogens with zero attached hydrogens (tertiary/aromatic N) is 4. The summed E-state index contributed by atoms with van der Waals surface area (Å²) in [6.07, 6.45) is 0. The minimum absolute atomic E-state index is 0.359. The van der Waals surface area contributed by atoms with Crippen molar-refractivity contribution in [2.75, 3.05) is 33.3 Å². The molecular formula is C16H22N4O4. The molecule has 0 unspecified atom stereocenters. The van der Waals surface area contributed by atoms with E-state index < -0.39 is 0 Å². The molecule has 0 amide bonds. The molecule has 1 fully saturated rings. The van der Waals surface area contributed by atoms with E-state index in [9.17, 15) is 4.79 Å². The van der Waals surface area contributed by atoms with Gasteiger partial charge in [0.2, 0.25) is 5.89 Å². The SMILES string of the molecule is COC(=O)c1cc(CN2CCN(Cc3nc(C)no3)CC2)oc1C. The largest absolute Gasteiger partial charge is 0.465 e. The van der Waals surface area contributed by atoms with Crippen LogP contribution < -0.4 is 0 Å². The van der Waals surface area contributed by atoms with Crippen LogP contribution in [0.3, 0.4) is 0 Å². The smallest absolute Gasteiger partial charge is 0.341 e. The summed E-state index contributed by atoms with van der Waals surface area (Å²) in [6, 6.07) is 1.77. The third kappa shape index (κ3) is 3.82. The average molecular weight is 334 g/mol. The topological polar surface area (TPSA) is 84.8 Å². The fraction of sp³-hybridized carbons (Fsp3) is 0.562. The van der Waals surface area contributed by atoms with Crippen LogP contribution in [-0.4, -0.2) is 59.2 Å². The van der Waals surface area contributed by atoms with Crippen molar-refractivity contribution >= 4 is 5.97 Å². The van der Waals surface area contributed by atoms with Crippen molar-refractivity contribution in [2.24, 2.45) is 0 Å². The van der Waals surface area contributed by atoms with Crippen molar-refractivity contribution < 1.29 is 18.5 Å². The second kappa shape index (κ2) is 7.14. The lowest BCUT2D eigenvalue weighted by Gasteiger charge is -2.33. The summed E-state index contributed by atoms with van der Waals surface area (Å²) in [5.74, 6) is 2.35. The number of piperazine rings is 1. The first-order chi connectivity index (χ1) is 11.5. The van der Waals surface area contributed by atoms with Gasteiger partial charge in [0, 0.05) is 26.2 Å². The highest BCUT2D eigenvalue weighted by molar-refractivity contribution is 5.90. The zero-order chi connectivity index (χ0) is 17.1. The van der Waals surface area contributed by atoms with Crippen LogP contribution in [-0.2, 0) is 17.8 Å². The van der Waals surface area contributed by atoms with Crippen LogP contribution in [0, 0.1) is 13.8 Å². The summed E-state index contributed by atoms with van der Waals surface area (Å²) in [4.78, 5) is 20.5. The first-order valence-electron chi connectivity index (χ1n) is 7.96. The van der Waals surface area contributed by atoms with Crippen molar-refractivity contribution in [3.05, 3.63) is 34.9 Å². The van der Waals surface area contributed by atoms with Crippen molar-refractivity contribution in [2.45, 2.75) is 26.9 Å². The molecule has 24 heavy (non-hydrogen) atoms. The lowest BCUT2D eigenvalue weighted by atomic mass is 10.2. The molecule has 0 radical (unpaired) electrons. The number of hydrogen-bond acceptors (Lipinski definition) is 8. The number of carbonyl (C=O) groups excluding carboxylic acids is 1. The molecule has 0 N–H and O–H groups in total. The number of rotatable bonds is 5. The van der Waals surface area contributed by atoms with Gasteiger partial charge in [0.25, 0.3) is 0 Å². The molecule has 8 nitrogen and oxygen atoms in total. The van der Waals surface area contributed by atoms with E-state index in [1.54, 1.807) is 13.0 Å². The summed E-state index contributed by atoms with van der Waals surface area (Å²) in [5.41, 5.74) is 0.498. The van der Waals surface area contributed by atoms with E-state index in [1.807, 2.05) is 6.92 Å². The second-order valence-electron chi connectivity index (χ2n) is 5.96. The van der Waals surface area contributed by atoms with Crippen molar-refractivity contribution in [1.82, 2.24) is 19.9 Å². The molecule has 1 saturated heterocycles. The summed E-state index contributed by atoms with van der Waals surface area (Å²) < 4.78 is 15.6. The number of methoxy groups -OCH3 is 1. The van der Waals surface area contributed by atoms with E-state index in [2.05, 4.69) is 19.9 Å². The van der Waals surface area contributed by atoms with E-state index in [-0.39, 0.29) is 5.97 Å². The molecule has 8 heteroatoms. The predicted molar refractivity (Wildman–Crippen MR) is 84.4 cm³/mol. The highest BCUT2D eigenvalue weighted by Crippen LogP contribution is 2.18. The minimum atomic E-state index is -0.359. The Morgan fingerprint density at radius 1 is 1.21 bits per heavy atom. The Morgan fingerprint density at radius 3 is 2.46 bits per heavy atom. The third-order valence-electron chi connectivity index (χ3n) is 4.15. The van der Waals surface area contributed by atoms with Gasteiger partial charge < -0.3 is 13.7 Å². The van der Waals surface area contributed by atoms with E-state index in [0.717, 1.165) is 31.9 Å². The Kier molecular flexibility index (Phi) is 4.96. The van der Waals surface area contributed by atoms with Crippen molar-refractivity contribution in [3.8, 4) is 0 Å². The van der Waals surface area contributed by atoms with Crippen molar-refractivity contribution in [1.29, 1.82) is 0 Å². The van der Waals surface area contributed by atoms with Crippen LogP contribution in [0.5, 0.6) is 0 Å². The van der Waals surface area contributed by atoms with Gasteiger partial charge in [-0.1, -0.05) is 5.16 Å². The molecule has 0 spiro atoms. The highest BCUT2D eigenvalue weighted by Gasteiger charge is 2.21. The monoisotopic (exact) mass is 334 g/mol. The van der Waals surface area contributed by atoms with E-state index in [4.69, 9.17) is 13.7 Å². The molecule has 3 heterocycles. The first-order valence-corrected chi connectivity index (χ1v) is 7.96. The van der Waals surface area contributed by atoms with Crippen LogP contribution >= 0.6 is 0 Å². The molecule has 0 saturated carbocycles. The van der Waals surface area contributed by atoms with Crippen LogP contribution in [0.1, 0.15) is 33.6 Å². The van der Waals surface area contributed by atoms with Crippen molar-refractivity contribution in [3.63, 3.8) is 0 Å². The highest BCUT2D eigenvalue weighted by atomic mass is 16.5. The number of aryl methyl sites for hydroxylation is 2. The lowest BCUT2D eigenvalue weighted by Crippen LogP contribution is -2.45. The van der Waals surface area contributed by atoms with Gasteiger partial charge >= 0.3 is 5.97 Å². The van der Waals surface area contributed by atoms with Gasteiger partial charge in [0.15, 0.2) is 5.82 Å². The zero-order valence-corrected chi connectivity index (χ0v) is 14.2. The third-order valence-corrected chi connectivity index (χ3v) is 4.15. The van der Waals surface area contributed by atoms with Gasteiger partial charge in [-0.3, -0.25) is 9.80 Å². The number of hydrogen-bond donors (Lipinski definition) is 0. The standard InChI is InChI=1S/C16H22N4O4/c1-11-14(16(21)22-3)8-13(23-11)9-19-4-6-20(7-5-19)10-15-17-12(2)18-24-15/h8H,4-7,9-10H2,1-3H3. The Balaban J connectivity index is 1.51. The van der Waals surface area contributed by atoms with E-state index in [1.165, 1.54) is 7.11 Å². The van der Waals surface area contributed by atoms with Crippen LogP contribution in [0.25, 0.3) is 0 Å². The van der Waals surface area contributed by atoms with Crippen LogP contribution in [0.2, 0.25) is 0 Å². The van der Waals surface area contributed by atoms with Crippen LogP contribution in [0.4, 0.5) is 0 Å². The van der Waals surface area contributed by atoms with Gasteiger partial charge in [-0.15, -0.1) is 0 Å². The first kappa shape index (κ1) is 16.7. The molecule has 130 valence electrons. The Hall–Kier alpha value is -2.19. The molecule has 0 aromatic carbocycles. The Morgan fingerprint density at radius 2 is 1.88 bits per heavy atom. The van der Waals surface area contributed by atoms with Gasteiger partial charge in [-0.25, -0.2) is 4.79 Å². The number of esters is 1. The fourth-order valence-electron chi connectivity index (χ4n) is 2.86. The van der Waals surface area contributed by atoms with Gasteiger partial charge in [0.05, 0.1) is 20.2 Å². The summed E-state index contributed by atoms with van der Waals surface area (Å²) >= 11 is 0. The maximum absolute atomic E-state index is 11.6. The summed E-state index contributed by atoms with van der Waals surface area (Å²) in [6.45, 7) is 8.64. The lowest BCUT2D eigenvalue weighted by molar-refractivity contribution is 0.0599. The quantitative estimate of drug-likeness (QED) is 0.758. The van der Waals surface area contributed by atoms with Crippen LogP contribution in [0.15, 0.2) is 15.0 Å². The van der Waals surface area contributed by atoms with E-state index >= 15 is 0 Å².